The van der Waals surface area contributed by atoms with Crippen LogP contribution in [0.3, 0.4) is 0 Å². The molecule has 3 aromatic heterocycles. The third-order valence-electron chi connectivity index (χ3n) is 5.09. The molecule has 1 amide bonds. The van der Waals surface area contributed by atoms with Gasteiger partial charge in [0.25, 0.3) is 0 Å². The molecule has 1 aliphatic rings. The number of halogens is 1. The SMILES string of the molecule is Cc1nn(CCNC(=O)Cn2nc(C)c3c(C4CC4)ccnc32)c(C)c1Br. The zero-order chi connectivity index (χ0) is 19.1. The van der Waals surface area contributed by atoms with Gasteiger partial charge in [0.2, 0.25) is 5.91 Å². The zero-order valence-corrected chi connectivity index (χ0v) is 17.4. The van der Waals surface area contributed by atoms with Crippen LogP contribution in [0.15, 0.2) is 16.7 Å². The third kappa shape index (κ3) is 3.50. The van der Waals surface area contributed by atoms with Crippen molar-refractivity contribution in [1.29, 1.82) is 0 Å². The number of carbonyl (C=O) groups is 1. The largest absolute Gasteiger partial charge is 0.353 e. The highest BCUT2D eigenvalue weighted by Crippen LogP contribution is 2.43. The molecular formula is C19H23BrN6O. The molecular weight excluding hydrogens is 408 g/mol. The molecule has 0 spiro atoms. The summed E-state index contributed by atoms with van der Waals surface area (Å²) in [7, 11) is 0. The number of aryl methyl sites for hydroxylation is 2. The smallest absolute Gasteiger partial charge is 0.241 e. The van der Waals surface area contributed by atoms with Gasteiger partial charge in [0, 0.05) is 23.8 Å². The fraction of sp³-hybridized carbons (Fsp3) is 0.474. The fourth-order valence-electron chi connectivity index (χ4n) is 3.54. The summed E-state index contributed by atoms with van der Waals surface area (Å²) in [6, 6.07) is 2.09. The Kier molecular flexibility index (Phi) is 4.75. The lowest BCUT2D eigenvalue weighted by Crippen LogP contribution is -2.31. The molecule has 1 aliphatic carbocycles. The molecule has 8 heteroatoms. The van der Waals surface area contributed by atoms with E-state index in [-0.39, 0.29) is 12.5 Å². The molecule has 0 atom stereocenters. The minimum absolute atomic E-state index is 0.0707. The van der Waals surface area contributed by atoms with Gasteiger partial charge in [-0.1, -0.05) is 0 Å². The Morgan fingerprint density at radius 1 is 1.22 bits per heavy atom. The van der Waals surface area contributed by atoms with Gasteiger partial charge in [0.15, 0.2) is 5.65 Å². The Balaban J connectivity index is 1.42. The molecule has 3 aromatic rings. The monoisotopic (exact) mass is 430 g/mol. The Hall–Kier alpha value is -2.22. The van der Waals surface area contributed by atoms with Crippen LogP contribution in [0.25, 0.3) is 11.0 Å². The first-order valence-corrected chi connectivity index (χ1v) is 10.0. The zero-order valence-electron chi connectivity index (χ0n) is 15.8. The Bertz CT molecular complexity index is 1020. The number of hydrogen-bond acceptors (Lipinski definition) is 4. The van der Waals surface area contributed by atoms with Gasteiger partial charge < -0.3 is 5.32 Å². The van der Waals surface area contributed by atoms with Crippen LogP contribution in [0.5, 0.6) is 0 Å². The van der Waals surface area contributed by atoms with Crippen LogP contribution in [0.1, 0.15) is 41.4 Å². The first-order chi connectivity index (χ1) is 13.0. The highest BCUT2D eigenvalue weighted by molar-refractivity contribution is 9.10. The van der Waals surface area contributed by atoms with Gasteiger partial charge in [-0.25, -0.2) is 9.67 Å². The Morgan fingerprint density at radius 3 is 2.63 bits per heavy atom. The number of nitrogens with zero attached hydrogens (tertiary/aromatic N) is 5. The molecule has 27 heavy (non-hydrogen) atoms. The summed E-state index contributed by atoms with van der Waals surface area (Å²) in [6.07, 6.45) is 4.28. The number of hydrogen-bond donors (Lipinski definition) is 1. The minimum Gasteiger partial charge on any atom is -0.353 e. The van der Waals surface area contributed by atoms with Crippen molar-refractivity contribution in [2.75, 3.05) is 6.54 Å². The topological polar surface area (TPSA) is 77.6 Å². The van der Waals surface area contributed by atoms with E-state index in [0.717, 1.165) is 32.6 Å². The predicted octanol–water partition coefficient (Wildman–Crippen LogP) is 3.01. The van der Waals surface area contributed by atoms with Crippen molar-refractivity contribution < 1.29 is 4.79 Å². The summed E-state index contributed by atoms with van der Waals surface area (Å²) < 4.78 is 4.63. The van der Waals surface area contributed by atoms with Gasteiger partial charge in [0.1, 0.15) is 6.54 Å². The van der Waals surface area contributed by atoms with Gasteiger partial charge >= 0.3 is 0 Å². The van der Waals surface area contributed by atoms with Crippen molar-refractivity contribution in [1.82, 2.24) is 29.9 Å². The molecule has 142 valence electrons. The quantitative estimate of drug-likeness (QED) is 0.651. The van der Waals surface area contributed by atoms with Crippen molar-refractivity contribution in [2.45, 2.75) is 52.6 Å². The van der Waals surface area contributed by atoms with E-state index < -0.39 is 0 Å². The molecule has 7 nitrogen and oxygen atoms in total. The average molecular weight is 431 g/mol. The van der Waals surface area contributed by atoms with Gasteiger partial charge in [-0.15, -0.1) is 0 Å². The molecule has 0 bridgehead atoms. The van der Waals surface area contributed by atoms with Crippen LogP contribution >= 0.6 is 15.9 Å². The van der Waals surface area contributed by atoms with Crippen LogP contribution in [0.4, 0.5) is 0 Å². The molecule has 3 heterocycles. The maximum Gasteiger partial charge on any atom is 0.241 e. The first-order valence-electron chi connectivity index (χ1n) is 9.24. The van der Waals surface area contributed by atoms with E-state index >= 15 is 0 Å². The number of aromatic nitrogens is 5. The van der Waals surface area contributed by atoms with E-state index in [1.54, 1.807) is 4.68 Å². The van der Waals surface area contributed by atoms with Crippen LogP contribution in [-0.2, 0) is 17.9 Å². The van der Waals surface area contributed by atoms with Crippen molar-refractivity contribution >= 4 is 32.9 Å². The molecule has 0 aliphatic heterocycles. The first kappa shape index (κ1) is 18.2. The number of rotatable bonds is 6. The summed E-state index contributed by atoms with van der Waals surface area (Å²) in [5.41, 5.74) is 5.08. The number of carbonyl (C=O) groups excluding carboxylic acids is 1. The predicted molar refractivity (Wildman–Crippen MR) is 107 cm³/mol. The van der Waals surface area contributed by atoms with Gasteiger partial charge in [-0.3, -0.25) is 9.48 Å². The van der Waals surface area contributed by atoms with Crippen LogP contribution in [-0.4, -0.2) is 37.0 Å². The van der Waals surface area contributed by atoms with E-state index in [9.17, 15) is 4.79 Å². The normalized spacial score (nSPS) is 14.1. The summed E-state index contributed by atoms with van der Waals surface area (Å²) in [4.78, 5) is 16.9. The molecule has 0 radical (unpaired) electrons. The molecule has 1 N–H and O–H groups in total. The van der Waals surface area contributed by atoms with Crippen molar-refractivity contribution in [2.24, 2.45) is 0 Å². The molecule has 0 aromatic carbocycles. The highest BCUT2D eigenvalue weighted by Gasteiger charge is 2.27. The summed E-state index contributed by atoms with van der Waals surface area (Å²) in [5, 5.41) is 13.1. The maximum atomic E-state index is 12.4. The minimum atomic E-state index is -0.0707. The van der Waals surface area contributed by atoms with E-state index in [2.05, 4.69) is 42.5 Å². The third-order valence-corrected chi connectivity index (χ3v) is 6.24. The summed E-state index contributed by atoms with van der Waals surface area (Å²) in [5.74, 6) is 0.555. The molecule has 1 fully saturated rings. The fourth-order valence-corrected chi connectivity index (χ4v) is 3.82. The van der Waals surface area contributed by atoms with E-state index in [0.29, 0.717) is 19.0 Å². The number of amides is 1. The lowest BCUT2D eigenvalue weighted by Gasteiger charge is -2.08. The lowest BCUT2D eigenvalue weighted by atomic mass is 10.1. The molecule has 0 saturated heterocycles. The second-order valence-electron chi connectivity index (χ2n) is 7.17. The molecule has 1 saturated carbocycles. The summed E-state index contributed by atoms with van der Waals surface area (Å²) >= 11 is 3.52. The van der Waals surface area contributed by atoms with Gasteiger partial charge in [-0.2, -0.15) is 10.2 Å². The van der Waals surface area contributed by atoms with Crippen LogP contribution < -0.4 is 5.32 Å². The maximum absolute atomic E-state index is 12.4. The molecule has 4 rings (SSSR count). The molecule has 0 unspecified atom stereocenters. The van der Waals surface area contributed by atoms with Gasteiger partial charge in [0.05, 0.1) is 22.4 Å². The number of nitrogens with one attached hydrogen (secondary N) is 1. The standard InChI is InChI=1S/C19H23BrN6O/c1-11-17-15(14-4-5-14)6-7-22-19(17)26(23-11)10-16(27)21-8-9-25-13(3)18(20)12(2)24-25/h6-7,14H,4-5,8-10H2,1-3H3,(H,21,27). The number of fused-ring (bicyclic) bond motifs is 1. The highest BCUT2D eigenvalue weighted by atomic mass is 79.9. The van der Waals surface area contributed by atoms with Crippen molar-refractivity contribution in [3.05, 3.63) is 39.4 Å². The second kappa shape index (κ2) is 7.07. The van der Waals surface area contributed by atoms with Crippen molar-refractivity contribution in [3.63, 3.8) is 0 Å². The summed E-state index contributed by atoms with van der Waals surface area (Å²) in [6.45, 7) is 7.28. The second-order valence-corrected chi connectivity index (χ2v) is 7.97. The van der Waals surface area contributed by atoms with Gasteiger partial charge in [-0.05, 0) is 67.1 Å². The number of pyridine rings is 1. The van der Waals surface area contributed by atoms with Crippen molar-refractivity contribution in [3.8, 4) is 0 Å². The van der Waals surface area contributed by atoms with Crippen LogP contribution in [0.2, 0.25) is 0 Å². The Labute approximate surface area is 166 Å². The lowest BCUT2D eigenvalue weighted by molar-refractivity contribution is -0.121. The van der Waals surface area contributed by atoms with Crippen LogP contribution in [0, 0.1) is 20.8 Å². The Morgan fingerprint density at radius 2 is 1.96 bits per heavy atom. The average Bonchev–Trinajstić information content (AvgIpc) is 3.40. The van der Waals surface area contributed by atoms with E-state index in [1.165, 1.54) is 18.4 Å². The van der Waals surface area contributed by atoms with E-state index in [1.807, 2.05) is 31.6 Å². The van der Waals surface area contributed by atoms with E-state index in [4.69, 9.17) is 0 Å².